The molecule has 0 saturated carbocycles. The maximum absolute atomic E-state index is 12.6. The summed E-state index contributed by atoms with van der Waals surface area (Å²) < 4.78 is 6.58. The normalized spacial score (nSPS) is 13.4. The Morgan fingerprint density at radius 1 is 1.11 bits per heavy atom. The molecule has 186 valence electrons. The third-order valence-electron chi connectivity index (χ3n) is 6.39. The number of carbonyl (C=O) groups excluding carboxylic acids is 2. The molecule has 1 aromatic heterocycles. The number of fused-ring (bicyclic) bond motifs is 1. The molecule has 8 heteroatoms. The van der Waals surface area contributed by atoms with Crippen LogP contribution in [-0.4, -0.2) is 72.9 Å². The number of H-pyrrole nitrogens is 1. The smallest absolute Gasteiger partial charge is 0.243 e. The summed E-state index contributed by atoms with van der Waals surface area (Å²) in [6.07, 6.45) is 2.39. The molecule has 0 spiro atoms. The third kappa shape index (κ3) is 6.00. The van der Waals surface area contributed by atoms with Gasteiger partial charge in [0.1, 0.15) is 6.54 Å². The lowest BCUT2D eigenvalue weighted by Crippen LogP contribution is -2.38. The van der Waals surface area contributed by atoms with Crippen LogP contribution in [0.25, 0.3) is 22.2 Å². The van der Waals surface area contributed by atoms with Crippen molar-refractivity contribution < 1.29 is 14.3 Å². The van der Waals surface area contributed by atoms with Gasteiger partial charge in [0, 0.05) is 73.5 Å². The molecule has 4 rings (SSSR count). The van der Waals surface area contributed by atoms with Gasteiger partial charge in [-0.2, -0.15) is 0 Å². The lowest BCUT2D eigenvalue weighted by atomic mass is 10.1. The molecule has 2 aromatic carbocycles. The van der Waals surface area contributed by atoms with Crippen LogP contribution >= 0.6 is 11.9 Å². The van der Waals surface area contributed by atoms with Crippen LogP contribution in [0.15, 0.2) is 47.4 Å². The van der Waals surface area contributed by atoms with Crippen LogP contribution in [0.2, 0.25) is 0 Å². The van der Waals surface area contributed by atoms with E-state index >= 15 is 0 Å². The molecule has 1 N–H and O–H groups in total. The van der Waals surface area contributed by atoms with E-state index in [1.54, 1.807) is 19.1 Å². The highest BCUT2D eigenvalue weighted by Gasteiger charge is 2.21. The van der Waals surface area contributed by atoms with Crippen LogP contribution in [-0.2, 0) is 14.3 Å². The van der Waals surface area contributed by atoms with Crippen molar-refractivity contribution in [1.29, 1.82) is 0 Å². The predicted octanol–water partition coefficient (Wildman–Crippen LogP) is 4.70. The number of nitrogens with one attached hydrogen (secondary N) is 1. The molecule has 0 aliphatic carbocycles. The Kier molecular flexibility index (Phi) is 8.03. The van der Waals surface area contributed by atoms with Gasteiger partial charge in [-0.05, 0) is 67.6 Å². The van der Waals surface area contributed by atoms with E-state index in [-0.39, 0.29) is 18.4 Å². The molecule has 1 saturated heterocycles. The molecular formula is C27H34N4O3S. The third-order valence-corrected chi connectivity index (χ3v) is 7.46. The molecule has 7 nitrogen and oxygen atoms in total. The number of aromatic amines is 1. The zero-order valence-corrected chi connectivity index (χ0v) is 21.8. The highest BCUT2D eigenvalue weighted by atomic mass is 32.2. The molecule has 35 heavy (non-hydrogen) atoms. The molecule has 0 bridgehead atoms. The van der Waals surface area contributed by atoms with Gasteiger partial charge in [-0.15, -0.1) is 0 Å². The number of methoxy groups -OCH3 is 1. The number of hydrogen-bond acceptors (Lipinski definition) is 5. The number of amides is 2. The first-order valence-electron chi connectivity index (χ1n) is 12.0. The number of hydrogen-bond donors (Lipinski definition) is 1. The Morgan fingerprint density at radius 2 is 1.89 bits per heavy atom. The monoisotopic (exact) mass is 494 g/mol. The van der Waals surface area contributed by atoms with Gasteiger partial charge in [0.15, 0.2) is 0 Å². The second kappa shape index (κ2) is 11.2. The van der Waals surface area contributed by atoms with Crippen molar-refractivity contribution in [2.45, 2.75) is 31.6 Å². The summed E-state index contributed by atoms with van der Waals surface area (Å²) in [6.45, 7) is 6.63. The molecule has 1 aliphatic heterocycles. The van der Waals surface area contributed by atoms with Crippen LogP contribution in [0, 0.1) is 6.92 Å². The molecule has 2 heterocycles. The van der Waals surface area contributed by atoms with Crippen molar-refractivity contribution in [3.63, 3.8) is 0 Å². The maximum Gasteiger partial charge on any atom is 0.243 e. The van der Waals surface area contributed by atoms with Gasteiger partial charge in [0.25, 0.3) is 0 Å². The van der Waals surface area contributed by atoms with Crippen molar-refractivity contribution in [2.75, 3.05) is 51.8 Å². The van der Waals surface area contributed by atoms with Crippen molar-refractivity contribution in [3.8, 4) is 11.3 Å². The minimum atomic E-state index is -0.158. The Morgan fingerprint density at radius 3 is 2.60 bits per heavy atom. The van der Waals surface area contributed by atoms with E-state index in [4.69, 9.17) is 4.74 Å². The quantitative estimate of drug-likeness (QED) is 0.437. The van der Waals surface area contributed by atoms with Gasteiger partial charge in [-0.25, -0.2) is 0 Å². The van der Waals surface area contributed by atoms with Crippen LogP contribution in [0.1, 0.15) is 25.3 Å². The fraction of sp³-hybridized carbons (Fsp3) is 0.407. The van der Waals surface area contributed by atoms with E-state index in [0.717, 1.165) is 34.8 Å². The molecule has 0 radical (unpaired) electrons. The SMILES string of the molecule is COCCN(C)C(=O)CN(Sc1ccc(N2CCCC2)c(-c2cc3ccc(C)cc3[nH]2)c1)C(C)=O. The van der Waals surface area contributed by atoms with Crippen molar-refractivity contribution in [1.82, 2.24) is 14.2 Å². The molecule has 0 unspecified atom stereocenters. The van der Waals surface area contributed by atoms with Gasteiger partial charge < -0.3 is 19.5 Å². The number of aryl methyl sites for hydroxylation is 1. The number of rotatable bonds is 9. The van der Waals surface area contributed by atoms with E-state index < -0.39 is 0 Å². The number of ether oxygens (including phenoxy) is 1. The fourth-order valence-corrected chi connectivity index (χ4v) is 5.20. The van der Waals surface area contributed by atoms with Crippen LogP contribution in [0.4, 0.5) is 5.69 Å². The first-order chi connectivity index (χ1) is 16.9. The summed E-state index contributed by atoms with van der Waals surface area (Å²) in [5, 5.41) is 1.17. The van der Waals surface area contributed by atoms with Crippen LogP contribution in [0.3, 0.4) is 0 Å². The molecule has 3 aromatic rings. The first kappa shape index (κ1) is 25.1. The van der Waals surface area contributed by atoms with Gasteiger partial charge in [-0.3, -0.25) is 13.9 Å². The molecule has 1 fully saturated rings. The Balaban J connectivity index is 1.63. The lowest BCUT2D eigenvalue weighted by Gasteiger charge is -2.25. The molecule has 0 atom stereocenters. The summed E-state index contributed by atoms with van der Waals surface area (Å²) >= 11 is 1.31. The van der Waals surface area contributed by atoms with E-state index in [1.165, 1.54) is 52.7 Å². The summed E-state index contributed by atoms with van der Waals surface area (Å²) in [5.74, 6) is -0.278. The summed E-state index contributed by atoms with van der Waals surface area (Å²) in [7, 11) is 3.33. The Hall–Kier alpha value is -2.97. The number of likely N-dealkylation sites (N-methyl/N-ethyl adjacent to an activating group) is 1. The van der Waals surface area contributed by atoms with Crippen molar-refractivity contribution in [3.05, 3.63) is 48.0 Å². The van der Waals surface area contributed by atoms with Gasteiger partial charge in [0.05, 0.1) is 6.61 Å². The Labute approximate surface area is 211 Å². The second-order valence-electron chi connectivity index (χ2n) is 9.10. The highest BCUT2D eigenvalue weighted by molar-refractivity contribution is 7.97. The summed E-state index contributed by atoms with van der Waals surface area (Å²) in [4.78, 5) is 33.6. The average molecular weight is 495 g/mol. The molecule has 2 amide bonds. The largest absolute Gasteiger partial charge is 0.383 e. The standard InChI is InChI=1S/C27H34N4O3S/c1-19-7-8-21-16-25(28-24(21)15-19)23-17-22(9-10-26(23)30-11-5-6-12-30)35-31(20(2)32)18-27(33)29(3)13-14-34-4/h7-10,15-17,28H,5-6,11-14,18H2,1-4H3. The average Bonchev–Trinajstić information content (AvgIpc) is 3.51. The zero-order chi connectivity index (χ0) is 24.9. The van der Waals surface area contributed by atoms with Crippen LogP contribution < -0.4 is 4.90 Å². The predicted molar refractivity (Wildman–Crippen MR) is 143 cm³/mol. The number of aromatic nitrogens is 1. The maximum atomic E-state index is 12.6. The number of anilines is 1. The molecule has 1 aliphatic rings. The van der Waals surface area contributed by atoms with E-state index in [2.05, 4.69) is 53.2 Å². The van der Waals surface area contributed by atoms with E-state index in [1.807, 2.05) is 6.07 Å². The lowest BCUT2D eigenvalue weighted by molar-refractivity contribution is -0.135. The van der Waals surface area contributed by atoms with E-state index in [0.29, 0.717) is 13.2 Å². The van der Waals surface area contributed by atoms with Crippen LogP contribution in [0.5, 0.6) is 0 Å². The van der Waals surface area contributed by atoms with Gasteiger partial charge >= 0.3 is 0 Å². The van der Waals surface area contributed by atoms with Gasteiger partial charge in [-0.1, -0.05) is 12.1 Å². The summed E-state index contributed by atoms with van der Waals surface area (Å²) in [5.41, 5.74) is 5.69. The topological polar surface area (TPSA) is 68.9 Å². The second-order valence-corrected chi connectivity index (χ2v) is 10.2. The molecular weight excluding hydrogens is 460 g/mol. The summed E-state index contributed by atoms with van der Waals surface area (Å²) in [6, 6.07) is 14.9. The minimum absolute atomic E-state index is 0.00902. The first-order valence-corrected chi connectivity index (χ1v) is 12.8. The zero-order valence-electron chi connectivity index (χ0n) is 21.0. The van der Waals surface area contributed by atoms with Crippen molar-refractivity contribution in [2.24, 2.45) is 0 Å². The Bertz CT molecular complexity index is 1200. The number of benzene rings is 2. The van der Waals surface area contributed by atoms with E-state index in [9.17, 15) is 9.59 Å². The van der Waals surface area contributed by atoms with Crippen molar-refractivity contribution >= 4 is 40.4 Å². The number of nitrogens with zero attached hydrogens (tertiary/aromatic N) is 3. The highest BCUT2D eigenvalue weighted by Crippen LogP contribution is 2.38. The minimum Gasteiger partial charge on any atom is -0.383 e. The fourth-order valence-electron chi connectivity index (χ4n) is 4.34. The van der Waals surface area contributed by atoms with Gasteiger partial charge in [0.2, 0.25) is 11.8 Å². The number of carbonyl (C=O) groups is 2.